The number of rotatable bonds is 1. The standard InChI is InChI=1S/C10H13NOS/c1-7-6-13-10(11-7)8-3-2-4-9(12)5-8/h2-5,7,10-12H,6H2,1H3. The van der Waals surface area contributed by atoms with Gasteiger partial charge in [-0.3, -0.25) is 5.32 Å². The normalized spacial score (nSPS) is 27.8. The topological polar surface area (TPSA) is 32.3 Å². The molecule has 1 heterocycles. The Balaban J connectivity index is 2.16. The van der Waals surface area contributed by atoms with Crippen molar-refractivity contribution in [2.45, 2.75) is 18.3 Å². The van der Waals surface area contributed by atoms with Gasteiger partial charge >= 0.3 is 0 Å². The molecule has 2 N–H and O–H groups in total. The fraction of sp³-hybridized carbons (Fsp3) is 0.400. The maximum Gasteiger partial charge on any atom is 0.115 e. The van der Waals surface area contributed by atoms with Crippen LogP contribution in [0.1, 0.15) is 17.9 Å². The van der Waals surface area contributed by atoms with Gasteiger partial charge in [0.05, 0.1) is 5.37 Å². The van der Waals surface area contributed by atoms with Crippen molar-refractivity contribution in [3.8, 4) is 5.75 Å². The Morgan fingerprint density at radius 2 is 2.38 bits per heavy atom. The molecular weight excluding hydrogens is 182 g/mol. The minimum Gasteiger partial charge on any atom is -0.508 e. The van der Waals surface area contributed by atoms with Crippen LogP contribution in [0.2, 0.25) is 0 Å². The Bertz CT molecular complexity index is 303. The number of phenols is 1. The molecule has 3 heteroatoms. The molecule has 1 saturated heterocycles. The summed E-state index contributed by atoms with van der Waals surface area (Å²) in [7, 11) is 0. The van der Waals surface area contributed by atoms with Crippen molar-refractivity contribution < 1.29 is 5.11 Å². The number of thioether (sulfide) groups is 1. The van der Waals surface area contributed by atoms with Gasteiger partial charge in [0.15, 0.2) is 0 Å². The third kappa shape index (κ3) is 1.98. The van der Waals surface area contributed by atoms with Crippen molar-refractivity contribution >= 4 is 11.8 Å². The minimum absolute atomic E-state index is 0.347. The van der Waals surface area contributed by atoms with Crippen molar-refractivity contribution in [3.63, 3.8) is 0 Å². The van der Waals surface area contributed by atoms with Gasteiger partial charge in [0.1, 0.15) is 5.75 Å². The zero-order chi connectivity index (χ0) is 9.26. The van der Waals surface area contributed by atoms with Crippen LogP contribution >= 0.6 is 11.8 Å². The van der Waals surface area contributed by atoms with Crippen LogP contribution < -0.4 is 5.32 Å². The van der Waals surface area contributed by atoms with Gasteiger partial charge in [-0.1, -0.05) is 12.1 Å². The van der Waals surface area contributed by atoms with Gasteiger partial charge in [0.2, 0.25) is 0 Å². The molecule has 70 valence electrons. The highest BCUT2D eigenvalue weighted by Gasteiger charge is 2.22. The number of nitrogens with one attached hydrogen (secondary N) is 1. The zero-order valence-electron chi connectivity index (χ0n) is 7.53. The zero-order valence-corrected chi connectivity index (χ0v) is 8.34. The molecule has 1 fully saturated rings. The highest BCUT2D eigenvalue weighted by atomic mass is 32.2. The maximum absolute atomic E-state index is 9.30. The molecule has 0 amide bonds. The van der Waals surface area contributed by atoms with Crippen molar-refractivity contribution in [2.75, 3.05) is 5.75 Å². The summed E-state index contributed by atoms with van der Waals surface area (Å²) in [6, 6.07) is 8.02. The van der Waals surface area contributed by atoms with Gasteiger partial charge in [-0.2, -0.15) is 0 Å². The van der Waals surface area contributed by atoms with Crippen LogP contribution in [0.3, 0.4) is 0 Å². The summed E-state index contributed by atoms with van der Waals surface area (Å²) in [4.78, 5) is 0. The van der Waals surface area contributed by atoms with Crippen molar-refractivity contribution in [1.29, 1.82) is 0 Å². The first kappa shape index (κ1) is 8.91. The average Bonchev–Trinajstić information content (AvgIpc) is 2.52. The first-order valence-electron chi connectivity index (χ1n) is 4.42. The molecule has 0 saturated carbocycles. The van der Waals surface area contributed by atoms with Crippen LogP contribution in [0.25, 0.3) is 0 Å². The maximum atomic E-state index is 9.30. The van der Waals surface area contributed by atoms with Gasteiger partial charge in [-0.15, -0.1) is 11.8 Å². The van der Waals surface area contributed by atoms with Gasteiger partial charge in [-0.25, -0.2) is 0 Å². The number of hydrogen-bond acceptors (Lipinski definition) is 3. The smallest absolute Gasteiger partial charge is 0.115 e. The van der Waals surface area contributed by atoms with Gasteiger partial charge in [0, 0.05) is 11.8 Å². The van der Waals surface area contributed by atoms with E-state index < -0.39 is 0 Å². The molecule has 0 spiro atoms. The summed E-state index contributed by atoms with van der Waals surface area (Å²) < 4.78 is 0. The molecule has 2 nitrogen and oxygen atoms in total. The highest BCUT2D eigenvalue weighted by Crippen LogP contribution is 2.33. The Kier molecular flexibility index (Phi) is 2.47. The van der Waals surface area contributed by atoms with Gasteiger partial charge < -0.3 is 5.11 Å². The van der Waals surface area contributed by atoms with Crippen molar-refractivity contribution in [1.82, 2.24) is 5.32 Å². The molecule has 1 aliphatic heterocycles. The quantitative estimate of drug-likeness (QED) is 0.720. The summed E-state index contributed by atoms with van der Waals surface area (Å²) in [5, 5.41) is 13.1. The van der Waals surface area contributed by atoms with Crippen LogP contribution in [-0.4, -0.2) is 16.9 Å². The third-order valence-corrected chi connectivity index (χ3v) is 3.56. The van der Waals surface area contributed by atoms with Gasteiger partial charge in [0.25, 0.3) is 0 Å². The van der Waals surface area contributed by atoms with Crippen LogP contribution in [-0.2, 0) is 0 Å². The lowest BCUT2D eigenvalue weighted by molar-refractivity contribution is 0.474. The molecule has 1 aliphatic rings. The summed E-state index contributed by atoms with van der Waals surface area (Å²) in [5.74, 6) is 1.49. The molecule has 2 atom stereocenters. The van der Waals surface area contributed by atoms with E-state index in [1.165, 1.54) is 0 Å². The van der Waals surface area contributed by atoms with Crippen LogP contribution in [0, 0.1) is 0 Å². The van der Waals surface area contributed by atoms with E-state index in [9.17, 15) is 5.11 Å². The molecule has 0 bridgehead atoms. The predicted molar refractivity (Wildman–Crippen MR) is 55.9 cm³/mol. The second-order valence-corrected chi connectivity index (χ2v) is 4.51. The summed E-state index contributed by atoms with van der Waals surface area (Å²) in [6.07, 6.45) is 0. The van der Waals surface area contributed by atoms with E-state index in [1.54, 1.807) is 6.07 Å². The largest absolute Gasteiger partial charge is 0.508 e. The van der Waals surface area contributed by atoms with Crippen molar-refractivity contribution in [2.24, 2.45) is 0 Å². The molecule has 13 heavy (non-hydrogen) atoms. The number of hydrogen-bond donors (Lipinski definition) is 2. The van der Waals surface area contributed by atoms with E-state index in [1.807, 2.05) is 30.0 Å². The first-order valence-corrected chi connectivity index (χ1v) is 5.47. The average molecular weight is 195 g/mol. The lowest BCUT2D eigenvalue weighted by atomic mass is 10.2. The molecule has 2 unspecified atom stereocenters. The van der Waals surface area contributed by atoms with Gasteiger partial charge in [-0.05, 0) is 24.6 Å². The SMILES string of the molecule is CC1CSC(c2cccc(O)c2)N1. The first-order chi connectivity index (χ1) is 6.25. The molecule has 0 aromatic heterocycles. The molecule has 0 radical (unpaired) electrons. The van der Waals surface area contributed by atoms with E-state index in [0.717, 1.165) is 11.3 Å². The van der Waals surface area contributed by atoms with Crippen LogP contribution in [0.5, 0.6) is 5.75 Å². The van der Waals surface area contributed by atoms with E-state index in [2.05, 4.69) is 12.2 Å². The molecule has 0 aliphatic carbocycles. The lowest BCUT2D eigenvalue weighted by Gasteiger charge is -2.10. The van der Waals surface area contributed by atoms with E-state index in [4.69, 9.17) is 0 Å². The van der Waals surface area contributed by atoms with E-state index in [0.29, 0.717) is 17.2 Å². The molecule has 2 rings (SSSR count). The number of aromatic hydroxyl groups is 1. The summed E-state index contributed by atoms with van der Waals surface area (Å²) >= 11 is 1.89. The molecule has 1 aromatic carbocycles. The Labute approximate surface area is 82.4 Å². The highest BCUT2D eigenvalue weighted by molar-refractivity contribution is 7.99. The van der Waals surface area contributed by atoms with E-state index >= 15 is 0 Å². The third-order valence-electron chi connectivity index (χ3n) is 2.12. The second kappa shape index (κ2) is 3.60. The predicted octanol–water partition coefficient (Wildman–Crippen LogP) is 2.12. The second-order valence-electron chi connectivity index (χ2n) is 3.38. The Morgan fingerprint density at radius 3 is 3.00 bits per heavy atom. The lowest BCUT2D eigenvalue weighted by Crippen LogP contribution is -2.21. The monoisotopic (exact) mass is 195 g/mol. The fourth-order valence-corrected chi connectivity index (χ4v) is 2.72. The van der Waals surface area contributed by atoms with Crippen LogP contribution in [0.15, 0.2) is 24.3 Å². The fourth-order valence-electron chi connectivity index (χ4n) is 1.48. The number of phenolic OH excluding ortho intramolecular Hbond substituents is 1. The summed E-state index contributed by atoms with van der Waals surface area (Å²) in [6.45, 7) is 2.18. The van der Waals surface area contributed by atoms with Crippen molar-refractivity contribution in [3.05, 3.63) is 29.8 Å². The molecule has 1 aromatic rings. The number of benzene rings is 1. The Hall–Kier alpha value is -0.670. The molecular formula is C10H13NOS. The summed E-state index contributed by atoms with van der Waals surface area (Å²) in [5.41, 5.74) is 1.16. The Morgan fingerprint density at radius 1 is 1.54 bits per heavy atom. The van der Waals surface area contributed by atoms with Crippen LogP contribution in [0.4, 0.5) is 0 Å². The van der Waals surface area contributed by atoms with E-state index in [-0.39, 0.29) is 0 Å². The minimum atomic E-state index is 0.347.